The Bertz CT molecular complexity index is 374. The third-order valence-electron chi connectivity index (χ3n) is 1.92. The van der Waals surface area contributed by atoms with Crippen LogP contribution >= 0.6 is 0 Å². The van der Waals surface area contributed by atoms with Crippen LogP contribution in [0.1, 0.15) is 11.3 Å². The van der Waals surface area contributed by atoms with E-state index in [0.29, 0.717) is 0 Å². The Morgan fingerprint density at radius 1 is 1.50 bits per heavy atom. The van der Waals surface area contributed by atoms with Gasteiger partial charge in [0, 0.05) is 37.2 Å². The molecule has 2 rings (SSSR count). The number of aromatic amines is 1. The van der Waals surface area contributed by atoms with Gasteiger partial charge in [0.15, 0.2) is 0 Å². The van der Waals surface area contributed by atoms with E-state index in [-0.39, 0.29) is 0 Å². The molecule has 0 aliphatic carbocycles. The second-order valence-corrected chi connectivity index (χ2v) is 3.29. The molecule has 0 saturated carbocycles. The number of anilines is 1. The Labute approximate surface area is 82.2 Å². The van der Waals surface area contributed by atoms with Gasteiger partial charge in [-0.2, -0.15) is 5.10 Å². The second kappa shape index (κ2) is 3.53. The van der Waals surface area contributed by atoms with Gasteiger partial charge < -0.3 is 10.3 Å². The molecule has 0 spiro atoms. The van der Waals surface area contributed by atoms with Crippen molar-refractivity contribution in [1.82, 2.24) is 19.7 Å². The van der Waals surface area contributed by atoms with Crippen molar-refractivity contribution in [3.8, 4) is 0 Å². The molecule has 14 heavy (non-hydrogen) atoms. The zero-order valence-corrected chi connectivity index (χ0v) is 8.28. The van der Waals surface area contributed by atoms with Crippen molar-refractivity contribution in [2.24, 2.45) is 7.05 Å². The molecule has 2 N–H and O–H groups in total. The van der Waals surface area contributed by atoms with Gasteiger partial charge in [0.2, 0.25) is 5.95 Å². The van der Waals surface area contributed by atoms with Crippen LogP contribution in [-0.2, 0) is 13.6 Å². The average molecular weight is 191 g/mol. The summed E-state index contributed by atoms with van der Waals surface area (Å²) in [5, 5.41) is 7.26. The minimum absolute atomic E-state index is 0.737. The van der Waals surface area contributed by atoms with Gasteiger partial charge in [-0.1, -0.05) is 0 Å². The minimum Gasteiger partial charge on any atom is -0.352 e. The molecule has 2 aromatic rings. The van der Waals surface area contributed by atoms with E-state index in [4.69, 9.17) is 0 Å². The summed E-state index contributed by atoms with van der Waals surface area (Å²) in [5.74, 6) is 0.798. The van der Waals surface area contributed by atoms with E-state index in [1.54, 1.807) is 10.9 Å². The standard InChI is InChI=1S/C9H13N5/c1-7-3-10-9(13-7)11-4-8-5-12-14(2)6-8/h3,5-6H,4H2,1-2H3,(H2,10,11,13). The Balaban J connectivity index is 1.94. The van der Waals surface area contributed by atoms with Gasteiger partial charge in [-0.05, 0) is 6.92 Å². The quantitative estimate of drug-likeness (QED) is 0.762. The lowest BCUT2D eigenvalue weighted by molar-refractivity contribution is 0.767. The number of nitrogens with one attached hydrogen (secondary N) is 2. The number of hydrogen-bond acceptors (Lipinski definition) is 3. The van der Waals surface area contributed by atoms with Gasteiger partial charge in [0.1, 0.15) is 0 Å². The number of aromatic nitrogens is 4. The summed E-state index contributed by atoms with van der Waals surface area (Å²) in [6, 6.07) is 0. The highest BCUT2D eigenvalue weighted by Gasteiger charge is 1.98. The van der Waals surface area contributed by atoms with Crippen LogP contribution in [0.5, 0.6) is 0 Å². The van der Waals surface area contributed by atoms with E-state index in [0.717, 1.165) is 23.8 Å². The van der Waals surface area contributed by atoms with Gasteiger partial charge in [-0.3, -0.25) is 4.68 Å². The summed E-state index contributed by atoms with van der Waals surface area (Å²) in [6.45, 7) is 2.71. The van der Waals surface area contributed by atoms with Crippen LogP contribution in [0.25, 0.3) is 0 Å². The van der Waals surface area contributed by atoms with E-state index in [9.17, 15) is 0 Å². The summed E-state index contributed by atoms with van der Waals surface area (Å²) in [5.41, 5.74) is 2.19. The maximum absolute atomic E-state index is 4.14. The fourth-order valence-electron chi connectivity index (χ4n) is 1.25. The molecule has 0 aliphatic heterocycles. The first-order valence-corrected chi connectivity index (χ1v) is 4.47. The van der Waals surface area contributed by atoms with Crippen molar-refractivity contribution in [2.45, 2.75) is 13.5 Å². The summed E-state index contributed by atoms with van der Waals surface area (Å²) < 4.78 is 1.78. The summed E-state index contributed by atoms with van der Waals surface area (Å²) in [4.78, 5) is 7.25. The molecule has 0 unspecified atom stereocenters. The van der Waals surface area contributed by atoms with Crippen LogP contribution in [0, 0.1) is 6.92 Å². The van der Waals surface area contributed by atoms with Gasteiger partial charge in [0.25, 0.3) is 0 Å². The smallest absolute Gasteiger partial charge is 0.200 e. The Hall–Kier alpha value is -1.78. The third kappa shape index (κ3) is 1.93. The van der Waals surface area contributed by atoms with Crippen LogP contribution in [-0.4, -0.2) is 19.7 Å². The number of nitrogens with zero attached hydrogens (tertiary/aromatic N) is 3. The maximum atomic E-state index is 4.14. The zero-order valence-electron chi connectivity index (χ0n) is 8.28. The molecule has 2 heterocycles. The van der Waals surface area contributed by atoms with Crippen LogP contribution in [0.3, 0.4) is 0 Å². The topological polar surface area (TPSA) is 58.5 Å². The molecule has 5 heteroatoms. The van der Waals surface area contributed by atoms with Crippen molar-refractivity contribution in [2.75, 3.05) is 5.32 Å². The lowest BCUT2D eigenvalue weighted by Gasteiger charge is -1.98. The van der Waals surface area contributed by atoms with Crippen molar-refractivity contribution in [3.05, 3.63) is 29.8 Å². The van der Waals surface area contributed by atoms with Gasteiger partial charge in [0.05, 0.1) is 6.20 Å². The van der Waals surface area contributed by atoms with Crippen LogP contribution in [0.15, 0.2) is 18.6 Å². The lowest BCUT2D eigenvalue weighted by Crippen LogP contribution is -1.99. The second-order valence-electron chi connectivity index (χ2n) is 3.29. The van der Waals surface area contributed by atoms with E-state index in [2.05, 4.69) is 20.4 Å². The fraction of sp³-hybridized carbons (Fsp3) is 0.333. The first-order valence-electron chi connectivity index (χ1n) is 4.47. The molecule has 5 nitrogen and oxygen atoms in total. The van der Waals surface area contributed by atoms with E-state index < -0.39 is 0 Å². The average Bonchev–Trinajstić information content (AvgIpc) is 2.72. The van der Waals surface area contributed by atoms with Gasteiger partial charge in [-0.25, -0.2) is 4.98 Å². The number of hydrogen-bond donors (Lipinski definition) is 2. The largest absolute Gasteiger partial charge is 0.352 e. The molecule has 74 valence electrons. The van der Waals surface area contributed by atoms with Crippen molar-refractivity contribution < 1.29 is 0 Å². The SMILES string of the molecule is Cc1cnc(NCc2cnn(C)c2)[nH]1. The lowest BCUT2D eigenvalue weighted by atomic mass is 10.4. The fourth-order valence-corrected chi connectivity index (χ4v) is 1.25. The number of aryl methyl sites for hydroxylation is 2. The Morgan fingerprint density at radius 3 is 2.93 bits per heavy atom. The highest BCUT2D eigenvalue weighted by molar-refractivity contribution is 5.27. The summed E-state index contributed by atoms with van der Waals surface area (Å²) in [6.07, 6.45) is 5.61. The molecule has 0 atom stereocenters. The maximum Gasteiger partial charge on any atom is 0.200 e. The molecule has 2 aromatic heterocycles. The van der Waals surface area contributed by atoms with Gasteiger partial charge >= 0.3 is 0 Å². The highest BCUT2D eigenvalue weighted by atomic mass is 15.2. The monoisotopic (exact) mass is 191 g/mol. The first-order chi connectivity index (χ1) is 6.74. The van der Waals surface area contributed by atoms with Crippen molar-refractivity contribution in [3.63, 3.8) is 0 Å². The Kier molecular flexibility index (Phi) is 2.22. The zero-order chi connectivity index (χ0) is 9.97. The van der Waals surface area contributed by atoms with E-state index in [1.165, 1.54) is 0 Å². The van der Waals surface area contributed by atoms with Crippen molar-refractivity contribution >= 4 is 5.95 Å². The predicted molar refractivity (Wildman–Crippen MR) is 53.9 cm³/mol. The summed E-state index contributed by atoms with van der Waals surface area (Å²) >= 11 is 0. The molecule has 0 fully saturated rings. The van der Waals surface area contributed by atoms with Crippen molar-refractivity contribution in [1.29, 1.82) is 0 Å². The third-order valence-corrected chi connectivity index (χ3v) is 1.92. The molecular weight excluding hydrogens is 178 g/mol. The number of rotatable bonds is 3. The van der Waals surface area contributed by atoms with E-state index >= 15 is 0 Å². The molecule has 0 aliphatic rings. The van der Waals surface area contributed by atoms with E-state index in [1.807, 2.05) is 26.4 Å². The molecule has 0 bridgehead atoms. The highest BCUT2D eigenvalue weighted by Crippen LogP contribution is 2.03. The summed E-state index contributed by atoms with van der Waals surface area (Å²) in [7, 11) is 1.90. The molecule has 0 aromatic carbocycles. The first kappa shape index (κ1) is 8.80. The molecule has 0 saturated heterocycles. The Morgan fingerprint density at radius 2 is 2.36 bits per heavy atom. The van der Waals surface area contributed by atoms with Crippen LogP contribution in [0.2, 0.25) is 0 Å². The molecular formula is C9H13N5. The van der Waals surface area contributed by atoms with Gasteiger partial charge in [-0.15, -0.1) is 0 Å². The van der Waals surface area contributed by atoms with Crippen LogP contribution < -0.4 is 5.32 Å². The predicted octanol–water partition coefficient (Wildman–Crippen LogP) is 1.06. The molecule has 0 amide bonds. The minimum atomic E-state index is 0.737. The van der Waals surface area contributed by atoms with Crippen LogP contribution in [0.4, 0.5) is 5.95 Å². The number of imidazole rings is 1. The normalized spacial score (nSPS) is 10.4. The number of H-pyrrole nitrogens is 1. The molecule has 0 radical (unpaired) electrons.